The number of nitrogens with zero attached hydrogens (tertiary/aromatic N) is 1. The van der Waals surface area contributed by atoms with Gasteiger partial charge in [-0.2, -0.15) is 0 Å². The lowest BCUT2D eigenvalue weighted by atomic mass is 10.1. The Bertz CT molecular complexity index is 408. The molecule has 1 fully saturated rings. The summed E-state index contributed by atoms with van der Waals surface area (Å²) in [6, 6.07) is 7.25. The molecule has 1 aromatic rings. The summed E-state index contributed by atoms with van der Waals surface area (Å²) in [5.41, 5.74) is 7.10. The molecule has 1 saturated heterocycles. The normalized spacial score (nSPS) is 18.8. The Kier molecular flexibility index (Phi) is 3.61. The average Bonchev–Trinajstić information content (AvgIpc) is 2.29. The maximum atomic E-state index is 11.2. The van der Waals surface area contributed by atoms with E-state index < -0.39 is 6.10 Å². The standard InChI is InChI=1S/C12H17N3O2/c13-10-4-2-1-3-9(10)11(16)7-15-6-5-14-12(17)8-15/h1-4,11,16H,5-8,13H2,(H,14,17). The number of nitrogens with one attached hydrogen (secondary N) is 1. The van der Waals surface area contributed by atoms with Crippen LogP contribution in [-0.2, 0) is 4.79 Å². The molecule has 0 aliphatic carbocycles. The van der Waals surface area contributed by atoms with Crippen LogP contribution in [0.5, 0.6) is 0 Å². The molecule has 2 rings (SSSR count). The summed E-state index contributed by atoms with van der Waals surface area (Å²) in [5.74, 6) is 0.00415. The number of carbonyl (C=O) groups is 1. The van der Waals surface area contributed by atoms with Gasteiger partial charge in [-0.1, -0.05) is 18.2 Å². The Labute approximate surface area is 100 Å². The van der Waals surface area contributed by atoms with Crippen molar-refractivity contribution in [2.45, 2.75) is 6.10 Å². The molecule has 0 bridgehead atoms. The van der Waals surface area contributed by atoms with Crippen molar-refractivity contribution in [1.29, 1.82) is 0 Å². The van der Waals surface area contributed by atoms with Gasteiger partial charge in [-0.3, -0.25) is 9.69 Å². The van der Waals surface area contributed by atoms with E-state index >= 15 is 0 Å². The maximum Gasteiger partial charge on any atom is 0.234 e. The van der Waals surface area contributed by atoms with Crippen molar-refractivity contribution in [1.82, 2.24) is 10.2 Å². The van der Waals surface area contributed by atoms with E-state index in [0.29, 0.717) is 25.3 Å². The van der Waals surface area contributed by atoms with Crippen molar-refractivity contribution in [3.63, 3.8) is 0 Å². The van der Waals surface area contributed by atoms with E-state index in [1.165, 1.54) is 0 Å². The van der Waals surface area contributed by atoms with Crippen LogP contribution in [0.1, 0.15) is 11.7 Å². The molecule has 1 aliphatic rings. The molecule has 92 valence electrons. The van der Waals surface area contributed by atoms with Crippen LogP contribution >= 0.6 is 0 Å². The molecule has 1 heterocycles. The molecule has 0 aromatic heterocycles. The lowest BCUT2D eigenvalue weighted by Gasteiger charge is -2.28. The quantitative estimate of drug-likeness (QED) is 0.630. The number of piperazine rings is 1. The number of aliphatic hydroxyl groups excluding tert-OH is 1. The number of nitrogens with two attached hydrogens (primary N) is 1. The zero-order valence-electron chi connectivity index (χ0n) is 9.60. The summed E-state index contributed by atoms with van der Waals surface area (Å²) < 4.78 is 0. The summed E-state index contributed by atoms with van der Waals surface area (Å²) in [6.07, 6.45) is -0.651. The molecule has 17 heavy (non-hydrogen) atoms. The number of amides is 1. The minimum absolute atomic E-state index is 0.00415. The van der Waals surface area contributed by atoms with Crippen LogP contribution in [0, 0.1) is 0 Å². The minimum atomic E-state index is -0.651. The van der Waals surface area contributed by atoms with Gasteiger partial charge < -0.3 is 16.2 Å². The Morgan fingerprint density at radius 1 is 1.47 bits per heavy atom. The zero-order chi connectivity index (χ0) is 12.3. The van der Waals surface area contributed by atoms with E-state index in [2.05, 4.69) is 5.32 Å². The van der Waals surface area contributed by atoms with Gasteiger partial charge in [-0.15, -0.1) is 0 Å². The third kappa shape index (κ3) is 2.95. The zero-order valence-corrected chi connectivity index (χ0v) is 9.60. The van der Waals surface area contributed by atoms with Crippen LogP contribution < -0.4 is 11.1 Å². The highest BCUT2D eigenvalue weighted by Crippen LogP contribution is 2.20. The number of aliphatic hydroxyl groups is 1. The second-order valence-electron chi connectivity index (χ2n) is 4.23. The van der Waals surface area contributed by atoms with Crippen molar-refractivity contribution in [2.75, 3.05) is 31.9 Å². The fraction of sp³-hybridized carbons (Fsp3) is 0.417. The van der Waals surface area contributed by atoms with Gasteiger partial charge in [-0.25, -0.2) is 0 Å². The van der Waals surface area contributed by atoms with Crippen molar-refractivity contribution < 1.29 is 9.90 Å². The Hall–Kier alpha value is -1.59. The van der Waals surface area contributed by atoms with Gasteiger partial charge in [0.25, 0.3) is 0 Å². The highest BCUT2D eigenvalue weighted by atomic mass is 16.3. The fourth-order valence-electron chi connectivity index (χ4n) is 2.00. The predicted molar refractivity (Wildman–Crippen MR) is 65.3 cm³/mol. The molecule has 1 aromatic carbocycles. The number of β-amino-alcohol motifs (C(OH)–C–C–N with tert-alkyl or cyclic N) is 1. The van der Waals surface area contributed by atoms with Gasteiger partial charge in [0, 0.05) is 30.9 Å². The summed E-state index contributed by atoms with van der Waals surface area (Å²) in [6.45, 7) is 2.16. The number of para-hydroxylation sites is 1. The number of rotatable bonds is 3. The van der Waals surface area contributed by atoms with Crippen LogP contribution in [-0.4, -0.2) is 42.1 Å². The molecular formula is C12H17N3O2. The van der Waals surface area contributed by atoms with E-state index in [0.717, 1.165) is 12.1 Å². The second-order valence-corrected chi connectivity index (χ2v) is 4.23. The number of carbonyl (C=O) groups excluding carboxylic acids is 1. The van der Waals surface area contributed by atoms with Crippen molar-refractivity contribution in [3.8, 4) is 0 Å². The number of nitrogen functional groups attached to an aromatic ring is 1. The topological polar surface area (TPSA) is 78.6 Å². The van der Waals surface area contributed by atoms with Crippen LogP contribution in [0.2, 0.25) is 0 Å². The molecule has 0 saturated carbocycles. The van der Waals surface area contributed by atoms with Gasteiger partial charge in [0.2, 0.25) is 5.91 Å². The van der Waals surface area contributed by atoms with Crippen LogP contribution in [0.4, 0.5) is 5.69 Å². The number of benzene rings is 1. The molecule has 4 N–H and O–H groups in total. The molecule has 0 radical (unpaired) electrons. The van der Waals surface area contributed by atoms with E-state index in [1.807, 2.05) is 23.1 Å². The first-order chi connectivity index (χ1) is 8.16. The molecule has 5 nitrogen and oxygen atoms in total. The molecule has 0 spiro atoms. The van der Waals surface area contributed by atoms with E-state index in [-0.39, 0.29) is 5.91 Å². The Morgan fingerprint density at radius 2 is 2.24 bits per heavy atom. The summed E-state index contributed by atoms with van der Waals surface area (Å²) in [7, 11) is 0. The van der Waals surface area contributed by atoms with Gasteiger partial charge in [0.1, 0.15) is 0 Å². The summed E-state index contributed by atoms with van der Waals surface area (Å²) >= 11 is 0. The number of hydrogen-bond acceptors (Lipinski definition) is 4. The molecule has 1 aliphatic heterocycles. The molecule has 5 heteroatoms. The smallest absolute Gasteiger partial charge is 0.234 e. The number of hydrogen-bond donors (Lipinski definition) is 3. The van der Waals surface area contributed by atoms with Crippen LogP contribution in [0.3, 0.4) is 0 Å². The minimum Gasteiger partial charge on any atom is -0.398 e. The third-order valence-electron chi connectivity index (χ3n) is 2.90. The lowest BCUT2D eigenvalue weighted by molar-refractivity contribution is -0.124. The number of anilines is 1. The van der Waals surface area contributed by atoms with Crippen LogP contribution in [0.15, 0.2) is 24.3 Å². The Balaban J connectivity index is 1.99. The van der Waals surface area contributed by atoms with E-state index in [9.17, 15) is 9.90 Å². The average molecular weight is 235 g/mol. The largest absolute Gasteiger partial charge is 0.398 e. The monoisotopic (exact) mass is 235 g/mol. The second kappa shape index (κ2) is 5.16. The fourth-order valence-corrected chi connectivity index (χ4v) is 2.00. The van der Waals surface area contributed by atoms with Gasteiger partial charge in [-0.05, 0) is 6.07 Å². The first-order valence-electron chi connectivity index (χ1n) is 5.68. The predicted octanol–water partition coefficient (Wildman–Crippen LogP) is -0.266. The third-order valence-corrected chi connectivity index (χ3v) is 2.90. The first-order valence-corrected chi connectivity index (χ1v) is 5.68. The summed E-state index contributed by atoms with van der Waals surface area (Å²) in [4.78, 5) is 13.1. The van der Waals surface area contributed by atoms with Crippen molar-refractivity contribution >= 4 is 11.6 Å². The maximum absolute atomic E-state index is 11.2. The highest BCUT2D eigenvalue weighted by Gasteiger charge is 2.20. The molecular weight excluding hydrogens is 218 g/mol. The summed E-state index contributed by atoms with van der Waals surface area (Å²) in [5, 5.41) is 12.8. The molecule has 1 unspecified atom stereocenters. The van der Waals surface area contributed by atoms with E-state index in [4.69, 9.17) is 5.73 Å². The van der Waals surface area contributed by atoms with Crippen molar-refractivity contribution in [3.05, 3.63) is 29.8 Å². The first kappa shape index (κ1) is 11.9. The van der Waals surface area contributed by atoms with Gasteiger partial charge in [0.15, 0.2) is 0 Å². The SMILES string of the molecule is Nc1ccccc1C(O)CN1CCNC(=O)C1. The highest BCUT2D eigenvalue weighted by molar-refractivity contribution is 5.78. The van der Waals surface area contributed by atoms with Gasteiger partial charge >= 0.3 is 0 Å². The van der Waals surface area contributed by atoms with Crippen LogP contribution in [0.25, 0.3) is 0 Å². The molecule has 1 atom stereocenters. The molecule has 1 amide bonds. The van der Waals surface area contributed by atoms with E-state index in [1.54, 1.807) is 6.07 Å². The lowest BCUT2D eigenvalue weighted by Crippen LogP contribution is -2.48. The van der Waals surface area contributed by atoms with Gasteiger partial charge in [0.05, 0.1) is 12.6 Å². The van der Waals surface area contributed by atoms with Crippen molar-refractivity contribution in [2.24, 2.45) is 0 Å². The Morgan fingerprint density at radius 3 is 2.94 bits per heavy atom.